The zero-order valence-electron chi connectivity index (χ0n) is 8.62. The van der Waals surface area contributed by atoms with Gasteiger partial charge in [0.1, 0.15) is 0 Å². The molecule has 0 aliphatic heterocycles. The van der Waals surface area contributed by atoms with Crippen LogP contribution in [0.2, 0.25) is 0 Å². The Kier molecular flexibility index (Phi) is 3.76. The van der Waals surface area contributed by atoms with Gasteiger partial charge in [-0.1, -0.05) is 20.3 Å². The number of aliphatic carboxylic acids is 1. The van der Waals surface area contributed by atoms with Gasteiger partial charge in [0, 0.05) is 0 Å². The Morgan fingerprint density at radius 3 is 2.31 bits per heavy atom. The molecule has 76 valence electrons. The van der Waals surface area contributed by atoms with Crippen molar-refractivity contribution in [3.8, 4) is 0 Å². The molecular weight excluding hydrogens is 164 g/mol. The second kappa shape index (κ2) is 4.64. The highest BCUT2D eigenvalue weighted by molar-refractivity contribution is 5.69. The van der Waals surface area contributed by atoms with E-state index in [1.54, 1.807) is 0 Å². The van der Waals surface area contributed by atoms with Crippen molar-refractivity contribution < 1.29 is 9.90 Å². The van der Waals surface area contributed by atoms with Crippen molar-refractivity contribution in [2.75, 3.05) is 0 Å². The van der Waals surface area contributed by atoms with E-state index in [0.717, 1.165) is 37.5 Å². The van der Waals surface area contributed by atoms with Crippen molar-refractivity contribution >= 4 is 5.97 Å². The van der Waals surface area contributed by atoms with Gasteiger partial charge < -0.3 is 5.11 Å². The molecule has 1 aliphatic carbocycles. The number of hydrogen-bond acceptors (Lipinski definition) is 1. The monoisotopic (exact) mass is 184 g/mol. The van der Waals surface area contributed by atoms with Crippen LogP contribution in [0, 0.1) is 17.8 Å². The van der Waals surface area contributed by atoms with Gasteiger partial charge in [0.2, 0.25) is 0 Å². The maximum Gasteiger partial charge on any atom is 0.306 e. The Labute approximate surface area is 80.3 Å². The van der Waals surface area contributed by atoms with E-state index in [1.807, 2.05) is 0 Å². The maximum absolute atomic E-state index is 10.7. The number of carbonyl (C=O) groups is 1. The van der Waals surface area contributed by atoms with Gasteiger partial charge in [-0.25, -0.2) is 0 Å². The highest BCUT2D eigenvalue weighted by Gasteiger charge is 2.27. The lowest BCUT2D eigenvalue weighted by molar-refractivity contribution is -0.143. The maximum atomic E-state index is 10.7. The predicted octanol–water partition coefficient (Wildman–Crippen LogP) is 2.92. The van der Waals surface area contributed by atoms with Gasteiger partial charge in [-0.15, -0.1) is 0 Å². The molecular formula is C11H20O2. The molecule has 1 saturated carbocycles. The van der Waals surface area contributed by atoms with Gasteiger partial charge in [-0.2, -0.15) is 0 Å². The van der Waals surface area contributed by atoms with Crippen LogP contribution in [0.5, 0.6) is 0 Å². The Hall–Kier alpha value is -0.530. The summed E-state index contributed by atoms with van der Waals surface area (Å²) in [6.45, 7) is 4.50. The molecule has 2 heteroatoms. The Bertz CT molecular complexity index is 169. The van der Waals surface area contributed by atoms with E-state index in [2.05, 4.69) is 13.8 Å². The average molecular weight is 184 g/mol. The summed E-state index contributed by atoms with van der Waals surface area (Å²) in [5.41, 5.74) is 0. The van der Waals surface area contributed by atoms with Crippen LogP contribution < -0.4 is 0 Å². The summed E-state index contributed by atoms with van der Waals surface area (Å²) in [6.07, 6.45) is 5.25. The van der Waals surface area contributed by atoms with Gasteiger partial charge in [0.15, 0.2) is 0 Å². The van der Waals surface area contributed by atoms with Crippen LogP contribution in [-0.2, 0) is 4.79 Å². The number of hydrogen-bond donors (Lipinski definition) is 1. The van der Waals surface area contributed by atoms with Crippen LogP contribution >= 0.6 is 0 Å². The minimum atomic E-state index is -0.595. The lowest BCUT2D eigenvalue weighted by Gasteiger charge is -2.29. The fraction of sp³-hybridized carbons (Fsp3) is 0.909. The van der Waals surface area contributed by atoms with E-state index in [-0.39, 0.29) is 5.92 Å². The molecule has 0 aromatic carbocycles. The summed E-state index contributed by atoms with van der Waals surface area (Å²) >= 11 is 0. The van der Waals surface area contributed by atoms with Crippen LogP contribution in [0.1, 0.15) is 46.0 Å². The summed E-state index contributed by atoms with van der Waals surface area (Å²) in [6, 6.07) is 0. The fourth-order valence-corrected chi connectivity index (χ4v) is 2.27. The van der Waals surface area contributed by atoms with Gasteiger partial charge in [-0.3, -0.25) is 4.79 Å². The summed E-state index contributed by atoms with van der Waals surface area (Å²) in [4.78, 5) is 10.7. The van der Waals surface area contributed by atoms with E-state index in [1.165, 1.54) is 6.42 Å². The molecule has 1 atom stereocenters. The highest BCUT2D eigenvalue weighted by atomic mass is 16.4. The molecule has 0 radical (unpaired) electrons. The molecule has 2 nitrogen and oxygen atoms in total. The van der Waals surface area contributed by atoms with Gasteiger partial charge in [0.05, 0.1) is 5.92 Å². The van der Waals surface area contributed by atoms with Crippen molar-refractivity contribution in [2.24, 2.45) is 17.8 Å². The van der Waals surface area contributed by atoms with Crippen molar-refractivity contribution in [3.05, 3.63) is 0 Å². The molecule has 1 rings (SSSR count). The minimum Gasteiger partial charge on any atom is -0.481 e. The smallest absolute Gasteiger partial charge is 0.306 e. The molecule has 0 aromatic heterocycles. The third-order valence-electron chi connectivity index (χ3n) is 3.57. The Balaban J connectivity index is 2.34. The first-order valence-electron chi connectivity index (χ1n) is 5.38. The molecule has 1 fully saturated rings. The van der Waals surface area contributed by atoms with Gasteiger partial charge in [-0.05, 0) is 37.5 Å². The highest BCUT2D eigenvalue weighted by Crippen LogP contribution is 2.34. The molecule has 0 heterocycles. The van der Waals surface area contributed by atoms with E-state index in [4.69, 9.17) is 5.11 Å². The van der Waals surface area contributed by atoms with Crippen molar-refractivity contribution in [1.29, 1.82) is 0 Å². The van der Waals surface area contributed by atoms with Crippen LogP contribution in [0.15, 0.2) is 0 Å². The second-order valence-corrected chi connectivity index (χ2v) is 4.34. The molecule has 13 heavy (non-hydrogen) atoms. The zero-order valence-corrected chi connectivity index (χ0v) is 8.62. The third kappa shape index (κ3) is 2.71. The first kappa shape index (κ1) is 10.6. The van der Waals surface area contributed by atoms with Gasteiger partial charge >= 0.3 is 5.97 Å². The van der Waals surface area contributed by atoms with Crippen LogP contribution in [0.3, 0.4) is 0 Å². The van der Waals surface area contributed by atoms with Crippen LogP contribution in [0.25, 0.3) is 0 Å². The first-order chi connectivity index (χ1) is 6.15. The third-order valence-corrected chi connectivity index (χ3v) is 3.57. The first-order valence-corrected chi connectivity index (χ1v) is 5.38. The van der Waals surface area contributed by atoms with E-state index >= 15 is 0 Å². The Morgan fingerprint density at radius 2 is 1.92 bits per heavy atom. The van der Waals surface area contributed by atoms with Crippen LogP contribution in [0.4, 0.5) is 0 Å². The lowest BCUT2D eigenvalue weighted by Crippen LogP contribution is -2.24. The molecule has 1 N–H and O–H groups in total. The quantitative estimate of drug-likeness (QED) is 0.732. The molecule has 0 saturated heterocycles. The molecule has 1 unspecified atom stereocenters. The van der Waals surface area contributed by atoms with Crippen molar-refractivity contribution in [3.63, 3.8) is 0 Å². The summed E-state index contributed by atoms with van der Waals surface area (Å²) < 4.78 is 0. The van der Waals surface area contributed by atoms with E-state index in [0.29, 0.717) is 0 Å². The summed E-state index contributed by atoms with van der Waals surface area (Å²) in [5, 5.41) is 8.82. The lowest BCUT2D eigenvalue weighted by atomic mass is 9.76. The largest absolute Gasteiger partial charge is 0.481 e. The minimum absolute atomic E-state index is 0.0553. The Morgan fingerprint density at radius 1 is 1.38 bits per heavy atom. The van der Waals surface area contributed by atoms with E-state index in [9.17, 15) is 4.79 Å². The normalized spacial score (nSPS) is 31.2. The number of rotatable bonds is 3. The topological polar surface area (TPSA) is 37.3 Å². The van der Waals surface area contributed by atoms with Crippen molar-refractivity contribution in [2.45, 2.75) is 46.0 Å². The average Bonchev–Trinajstić information content (AvgIpc) is 2.17. The van der Waals surface area contributed by atoms with E-state index < -0.39 is 5.97 Å². The summed E-state index contributed by atoms with van der Waals surface area (Å²) in [7, 11) is 0. The standard InChI is InChI=1S/C11H20O2/c1-3-8(2)9-4-6-10(7-5-9)11(12)13/h8-10H,3-7H2,1-2H3,(H,12,13)/t8?,9-,10-. The second-order valence-electron chi connectivity index (χ2n) is 4.34. The SMILES string of the molecule is CCC(C)[C@H]1CC[C@H](C(=O)O)CC1. The number of carboxylic acids is 1. The molecule has 0 amide bonds. The zero-order chi connectivity index (χ0) is 9.84. The number of carboxylic acid groups (broad SMARTS) is 1. The molecule has 1 aliphatic rings. The molecule has 0 aromatic rings. The summed E-state index contributed by atoms with van der Waals surface area (Å²) in [5.74, 6) is 0.901. The van der Waals surface area contributed by atoms with Crippen LogP contribution in [-0.4, -0.2) is 11.1 Å². The van der Waals surface area contributed by atoms with Crippen molar-refractivity contribution in [1.82, 2.24) is 0 Å². The predicted molar refractivity (Wildman–Crippen MR) is 52.5 cm³/mol. The molecule has 0 spiro atoms. The fourth-order valence-electron chi connectivity index (χ4n) is 2.27. The van der Waals surface area contributed by atoms with Gasteiger partial charge in [0.25, 0.3) is 0 Å². The molecule has 0 bridgehead atoms.